The molecule has 0 radical (unpaired) electrons. The van der Waals surface area contributed by atoms with Crippen molar-refractivity contribution >= 4 is 45.1 Å². The lowest BCUT2D eigenvalue weighted by Crippen LogP contribution is -2.36. The number of anilines is 4. The molecular formula is C26H31F3N8OS. The van der Waals surface area contributed by atoms with Crippen LogP contribution in [0.4, 0.5) is 35.4 Å². The van der Waals surface area contributed by atoms with Crippen LogP contribution >= 0.6 is 11.3 Å². The molecule has 0 saturated heterocycles. The lowest BCUT2D eigenvalue weighted by atomic mass is 10.1. The molecule has 2 heterocycles. The van der Waals surface area contributed by atoms with E-state index < -0.39 is 17.6 Å². The molecule has 208 valence electrons. The van der Waals surface area contributed by atoms with Crippen LogP contribution in [0, 0.1) is 6.92 Å². The summed E-state index contributed by atoms with van der Waals surface area (Å²) in [5.74, 6) is -0.519. The van der Waals surface area contributed by atoms with Gasteiger partial charge < -0.3 is 25.9 Å². The van der Waals surface area contributed by atoms with E-state index in [9.17, 15) is 18.0 Å². The van der Waals surface area contributed by atoms with Gasteiger partial charge in [0.2, 0.25) is 0 Å². The molecule has 0 unspecified atom stereocenters. The van der Waals surface area contributed by atoms with Gasteiger partial charge in [0.15, 0.2) is 5.13 Å². The quantitative estimate of drug-likeness (QED) is 0.302. The molecule has 4 N–H and O–H groups in total. The number of nitrogens with zero attached hydrogens (tertiary/aromatic N) is 4. The summed E-state index contributed by atoms with van der Waals surface area (Å²) in [5.41, 5.74) is 8.45. The second-order valence-electron chi connectivity index (χ2n) is 9.38. The zero-order valence-electron chi connectivity index (χ0n) is 22.3. The second-order valence-corrected chi connectivity index (χ2v) is 10.4. The standard InChI is InChI=1S/C26H31F3N8OS/c1-16-6-7-17(10-22(16)37-15-21(33-34-37)23-14-31-25(30-2)39-23)24(38)32-19-11-18(26(27,28)29)12-20(13-19)36(5)9-8-35(3)4/h6-7,10-15,33-34H,8-9H2,1-5H3,(H,30,31)(H,32,38). The largest absolute Gasteiger partial charge is 0.416 e. The number of likely N-dealkylation sites (N-methyl/N-ethyl adjacent to an activating group) is 2. The molecule has 0 bridgehead atoms. The molecule has 1 aromatic heterocycles. The van der Waals surface area contributed by atoms with Crippen molar-refractivity contribution in [3.63, 3.8) is 0 Å². The minimum Gasteiger partial charge on any atom is -0.373 e. The number of carbonyl (C=O) groups excluding carboxylic acids is 1. The van der Waals surface area contributed by atoms with Gasteiger partial charge in [0.1, 0.15) is 0 Å². The fourth-order valence-corrected chi connectivity index (χ4v) is 4.58. The van der Waals surface area contributed by atoms with Gasteiger partial charge in [-0.3, -0.25) is 9.80 Å². The number of rotatable bonds is 9. The van der Waals surface area contributed by atoms with Gasteiger partial charge in [-0.25, -0.2) is 4.98 Å². The number of alkyl halides is 3. The molecule has 3 aromatic rings. The highest BCUT2D eigenvalue weighted by atomic mass is 32.1. The second kappa shape index (κ2) is 11.5. The van der Waals surface area contributed by atoms with Crippen molar-refractivity contribution in [1.29, 1.82) is 0 Å². The molecule has 4 rings (SSSR count). The van der Waals surface area contributed by atoms with Gasteiger partial charge in [-0.15, -0.1) is 5.53 Å². The first-order valence-corrected chi connectivity index (χ1v) is 12.9. The first-order valence-electron chi connectivity index (χ1n) is 12.1. The Morgan fingerprint density at radius 2 is 1.90 bits per heavy atom. The maximum Gasteiger partial charge on any atom is 0.416 e. The van der Waals surface area contributed by atoms with Crippen LogP contribution in [0.25, 0.3) is 5.70 Å². The summed E-state index contributed by atoms with van der Waals surface area (Å²) in [4.78, 5) is 22.0. The van der Waals surface area contributed by atoms with Crippen LogP contribution in [0.15, 0.2) is 48.8 Å². The van der Waals surface area contributed by atoms with E-state index in [-0.39, 0.29) is 5.69 Å². The first kappa shape index (κ1) is 28.2. The summed E-state index contributed by atoms with van der Waals surface area (Å²) >= 11 is 1.48. The molecule has 13 heteroatoms. The van der Waals surface area contributed by atoms with Crippen LogP contribution in [0.1, 0.15) is 26.4 Å². The van der Waals surface area contributed by atoms with E-state index in [2.05, 4.69) is 26.6 Å². The van der Waals surface area contributed by atoms with Crippen LogP contribution in [-0.2, 0) is 6.18 Å². The maximum absolute atomic E-state index is 13.7. The minimum atomic E-state index is -4.56. The third-order valence-electron chi connectivity index (χ3n) is 6.11. The van der Waals surface area contributed by atoms with Gasteiger partial charge in [0.05, 0.1) is 21.8 Å². The fourth-order valence-electron chi connectivity index (χ4n) is 3.84. The van der Waals surface area contributed by atoms with Crippen LogP contribution in [0.2, 0.25) is 0 Å². The Morgan fingerprint density at radius 1 is 1.13 bits per heavy atom. The molecule has 1 amide bonds. The Hall–Kier alpha value is -3.81. The summed E-state index contributed by atoms with van der Waals surface area (Å²) in [6.45, 7) is 3.09. The molecule has 0 saturated carbocycles. The molecule has 0 fully saturated rings. The monoisotopic (exact) mass is 560 g/mol. The van der Waals surface area contributed by atoms with Crippen LogP contribution in [0.3, 0.4) is 0 Å². The van der Waals surface area contributed by atoms with Gasteiger partial charge in [0, 0.05) is 56.5 Å². The van der Waals surface area contributed by atoms with E-state index in [0.717, 1.165) is 33.4 Å². The fraction of sp³-hybridized carbons (Fsp3) is 0.308. The number of nitrogens with one attached hydrogen (secondary N) is 4. The van der Waals surface area contributed by atoms with Gasteiger partial charge in [-0.1, -0.05) is 17.4 Å². The molecule has 0 spiro atoms. The number of hydrogen-bond acceptors (Lipinski definition) is 9. The first-order chi connectivity index (χ1) is 18.4. The van der Waals surface area contributed by atoms with Crippen LogP contribution in [-0.4, -0.2) is 57.1 Å². The molecular weight excluding hydrogens is 529 g/mol. The normalized spacial score (nSPS) is 13.4. The maximum atomic E-state index is 13.7. The number of hydrazine groups is 2. The number of hydrogen-bond donors (Lipinski definition) is 4. The van der Waals surface area contributed by atoms with Crippen molar-refractivity contribution < 1.29 is 18.0 Å². The van der Waals surface area contributed by atoms with Gasteiger partial charge in [-0.05, 0) is 56.9 Å². The van der Waals surface area contributed by atoms with Gasteiger partial charge in [-0.2, -0.15) is 13.2 Å². The number of thiazole rings is 1. The number of halogens is 3. The summed E-state index contributed by atoms with van der Waals surface area (Å²) < 4.78 is 41.0. The highest BCUT2D eigenvalue weighted by molar-refractivity contribution is 7.16. The highest BCUT2D eigenvalue weighted by Crippen LogP contribution is 2.35. The number of amides is 1. The van der Waals surface area contributed by atoms with Gasteiger partial charge in [0.25, 0.3) is 5.91 Å². The molecule has 9 nitrogen and oxygen atoms in total. The van der Waals surface area contributed by atoms with E-state index >= 15 is 0 Å². The third-order valence-corrected chi connectivity index (χ3v) is 7.16. The van der Waals surface area contributed by atoms with E-state index in [1.165, 1.54) is 11.3 Å². The Bertz CT molecular complexity index is 1370. The Kier molecular flexibility index (Phi) is 8.33. The average molecular weight is 561 g/mol. The van der Waals surface area contributed by atoms with E-state index in [4.69, 9.17) is 0 Å². The van der Waals surface area contributed by atoms with E-state index in [1.807, 2.05) is 32.1 Å². The summed E-state index contributed by atoms with van der Waals surface area (Å²) in [7, 11) is 7.31. The summed E-state index contributed by atoms with van der Waals surface area (Å²) in [5, 5.41) is 8.17. The highest BCUT2D eigenvalue weighted by Gasteiger charge is 2.32. The summed E-state index contributed by atoms with van der Waals surface area (Å²) in [6, 6.07) is 8.70. The number of aryl methyl sites for hydroxylation is 1. The Balaban J connectivity index is 1.57. The molecule has 0 aliphatic carbocycles. The lowest BCUT2D eigenvalue weighted by Gasteiger charge is -2.23. The van der Waals surface area contributed by atoms with Crippen LogP contribution in [0.5, 0.6) is 0 Å². The Morgan fingerprint density at radius 3 is 2.56 bits per heavy atom. The Labute approximate surface area is 229 Å². The molecule has 2 aromatic carbocycles. The smallest absolute Gasteiger partial charge is 0.373 e. The van der Waals surface area contributed by atoms with Gasteiger partial charge >= 0.3 is 6.18 Å². The van der Waals surface area contributed by atoms with Crippen molar-refractivity contribution in [2.45, 2.75) is 13.1 Å². The summed E-state index contributed by atoms with van der Waals surface area (Å²) in [6.07, 6.45) is -0.961. The molecule has 39 heavy (non-hydrogen) atoms. The SMILES string of the molecule is CNc1ncc(C2=CN(c3cc(C(=O)Nc4cc(N(C)CCN(C)C)cc(C(F)(F)F)c4)ccc3C)NN2)s1. The molecule has 1 aliphatic heterocycles. The number of benzene rings is 2. The number of carbonyl (C=O) groups is 1. The minimum absolute atomic E-state index is 0.0670. The predicted octanol–water partition coefficient (Wildman–Crippen LogP) is 4.59. The lowest BCUT2D eigenvalue weighted by molar-refractivity contribution is -0.137. The molecule has 1 aliphatic rings. The van der Waals surface area contributed by atoms with E-state index in [0.29, 0.717) is 30.0 Å². The van der Waals surface area contributed by atoms with Crippen LogP contribution < -0.4 is 31.5 Å². The molecule has 0 atom stereocenters. The van der Waals surface area contributed by atoms with Crippen molar-refractivity contribution in [1.82, 2.24) is 20.8 Å². The zero-order valence-corrected chi connectivity index (χ0v) is 23.1. The van der Waals surface area contributed by atoms with Crippen molar-refractivity contribution in [2.75, 3.05) is 61.8 Å². The van der Waals surface area contributed by atoms with Crippen molar-refractivity contribution in [2.24, 2.45) is 0 Å². The van der Waals surface area contributed by atoms with Crippen molar-refractivity contribution in [3.05, 3.63) is 70.4 Å². The van der Waals surface area contributed by atoms with E-state index in [1.54, 1.807) is 54.5 Å². The zero-order chi connectivity index (χ0) is 28.3. The van der Waals surface area contributed by atoms with Crippen molar-refractivity contribution in [3.8, 4) is 0 Å². The topological polar surface area (TPSA) is 87.8 Å². The third kappa shape index (κ3) is 6.80. The average Bonchev–Trinajstić information content (AvgIpc) is 3.56. The number of aromatic nitrogens is 1. The predicted molar refractivity (Wildman–Crippen MR) is 151 cm³/mol.